The maximum absolute atomic E-state index is 8.85. The summed E-state index contributed by atoms with van der Waals surface area (Å²) in [5.74, 6) is 0.822. The van der Waals surface area contributed by atoms with Crippen LogP contribution in [0.2, 0.25) is 0 Å². The zero-order valence-electron chi connectivity index (χ0n) is 11.0. The Kier molecular flexibility index (Phi) is 3.91. The van der Waals surface area contributed by atoms with Gasteiger partial charge in [0.05, 0.1) is 23.4 Å². The van der Waals surface area contributed by atoms with E-state index in [-0.39, 0.29) is 6.04 Å². The first-order chi connectivity index (χ1) is 9.02. The van der Waals surface area contributed by atoms with Gasteiger partial charge in [0.1, 0.15) is 5.76 Å². The Balaban J connectivity index is 2.25. The molecule has 0 aliphatic heterocycles. The zero-order chi connectivity index (χ0) is 14.0. The Bertz CT molecular complexity index is 623. The Morgan fingerprint density at radius 2 is 2.16 bits per heavy atom. The molecule has 1 unspecified atom stereocenters. The number of benzene rings is 1. The minimum atomic E-state index is 0.0792. The average Bonchev–Trinajstić information content (AvgIpc) is 2.71. The van der Waals surface area contributed by atoms with E-state index in [1.54, 1.807) is 12.1 Å². The van der Waals surface area contributed by atoms with Gasteiger partial charge in [-0.2, -0.15) is 5.26 Å². The molecule has 0 aliphatic rings. The molecule has 1 atom stereocenters. The van der Waals surface area contributed by atoms with Crippen molar-refractivity contribution in [2.24, 2.45) is 0 Å². The van der Waals surface area contributed by atoms with Crippen molar-refractivity contribution in [2.75, 3.05) is 5.32 Å². The summed E-state index contributed by atoms with van der Waals surface area (Å²) in [5, 5.41) is 16.2. The fraction of sp³-hybridized carbons (Fsp3) is 0.286. The van der Waals surface area contributed by atoms with E-state index in [9.17, 15) is 0 Å². The van der Waals surface area contributed by atoms with Gasteiger partial charge in [-0.1, -0.05) is 5.16 Å². The lowest BCUT2D eigenvalue weighted by Crippen LogP contribution is -2.08. The van der Waals surface area contributed by atoms with Crippen LogP contribution in [0.5, 0.6) is 0 Å². The summed E-state index contributed by atoms with van der Waals surface area (Å²) in [7, 11) is 0. The van der Waals surface area contributed by atoms with Gasteiger partial charge in [-0.25, -0.2) is 0 Å². The van der Waals surface area contributed by atoms with E-state index in [4.69, 9.17) is 9.78 Å². The molecule has 0 amide bonds. The van der Waals surface area contributed by atoms with E-state index in [1.807, 2.05) is 19.9 Å². The van der Waals surface area contributed by atoms with Crippen molar-refractivity contribution in [3.63, 3.8) is 0 Å². The number of nitriles is 1. The summed E-state index contributed by atoms with van der Waals surface area (Å²) in [4.78, 5) is 0. The molecule has 5 heteroatoms. The van der Waals surface area contributed by atoms with Crippen LogP contribution >= 0.6 is 15.9 Å². The highest BCUT2D eigenvalue weighted by atomic mass is 79.9. The van der Waals surface area contributed by atoms with Crippen LogP contribution in [0.1, 0.15) is 35.5 Å². The van der Waals surface area contributed by atoms with Crippen LogP contribution in [0.25, 0.3) is 0 Å². The average molecular weight is 320 g/mol. The van der Waals surface area contributed by atoms with Gasteiger partial charge in [0, 0.05) is 15.7 Å². The SMILES string of the molecule is Cc1noc(C)c1C(C)Nc1ccc(C#N)cc1Br. The van der Waals surface area contributed by atoms with Crippen LogP contribution in [-0.2, 0) is 0 Å². The summed E-state index contributed by atoms with van der Waals surface area (Å²) in [6.45, 7) is 5.89. The molecule has 2 rings (SSSR count). The molecule has 1 aromatic heterocycles. The molecule has 2 aromatic rings. The minimum Gasteiger partial charge on any atom is -0.377 e. The number of aromatic nitrogens is 1. The smallest absolute Gasteiger partial charge is 0.139 e. The summed E-state index contributed by atoms with van der Waals surface area (Å²) in [5.41, 5.74) is 3.52. The lowest BCUT2D eigenvalue weighted by atomic mass is 10.1. The second kappa shape index (κ2) is 5.45. The molecule has 98 valence electrons. The molecular formula is C14H14BrN3O. The summed E-state index contributed by atoms with van der Waals surface area (Å²) >= 11 is 3.46. The number of aryl methyl sites for hydroxylation is 2. The van der Waals surface area contributed by atoms with Gasteiger partial charge in [0.2, 0.25) is 0 Å². The van der Waals surface area contributed by atoms with E-state index in [0.29, 0.717) is 5.56 Å². The number of nitrogens with zero attached hydrogens (tertiary/aromatic N) is 2. The molecular weight excluding hydrogens is 306 g/mol. The highest BCUT2D eigenvalue weighted by Crippen LogP contribution is 2.29. The predicted molar refractivity (Wildman–Crippen MR) is 76.9 cm³/mol. The van der Waals surface area contributed by atoms with Gasteiger partial charge in [-0.05, 0) is 54.9 Å². The first-order valence-corrected chi connectivity index (χ1v) is 6.71. The number of hydrogen-bond acceptors (Lipinski definition) is 4. The van der Waals surface area contributed by atoms with Crippen LogP contribution in [-0.4, -0.2) is 5.16 Å². The van der Waals surface area contributed by atoms with E-state index in [0.717, 1.165) is 27.2 Å². The first kappa shape index (κ1) is 13.6. The molecule has 0 bridgehead atoms. The third-order valence-corrected chi connectivity index (χ3v) is 3.65. The van der Waals surface area contributed by atoms with Crippen LogP contribution in [0.3, 0.4) is 0 Å². The third kappa shape index (κ3) is 2.79. The topological polar surface area (TPSA) is 61.9 Å². The Labute approximate surface area is 120 Å². The quantitative estimate of drug-likeness (QED) is 0.925. The van der Waals surface area contributed by atoms with Gasteiger partial charge in [-0.15, -0.1) is 0 Å². The predicted octanol–water partition coefficient (Wildman–Crippen LogP) is 4.10. The van der Waals surface area contributed by atoms with Gasteiger partial charge < -0.3 is 9.84 Å². The number of rotatable bonds is 3. The minimum absolute atomic E-state index is 0.0792. The monoisotopic (exact) mass is 319 g/mol. The fourth-order valence-corrected chi connectivity index (χ4v) is 2.61. The zero-order valence-corrected chi connectivity index (χ0v) is 12.6. The van der Waals surface area contributed by atoms with Crippen molar-refractivity contribution < 1.29 is 4.52 Å². The Morgan fingerprint density at radius 3 is 2.68 bits per heavy atom. The lowest BCUT2D eigenvalue weighted by molar-refractivity contribution is 0.392. The van der Waals surface area contributed by atoms with Crippen LogP contribution in [0, 0.1) is 25.2 Å². The van der Waals surface area contributed by atoms with Gasteiger partial charge >= 0.3 is 0 Å². The van der Waals surface area contributed by atoms with E-state index >= 15 is 0 Å². The molecule has 1 aromatic carbocycles. The molecule has 0 aliphatic carbocycles. The molecule has 0 saturated heterocycles. The van der Waals surface area contributed by atoms with Gasteiger partial charge in [-0.3, -0.25) is 0 Å². The molecule has 0 spiro atoms. The third-order valence-electron chi connectivity index (χ3n) is 2.99. The van der Waals surface area contributed by atoms with Crippen molar-refractivity contribution in [1.82, 2.24) is 5.16 Å². The van der Waals surface area contributed by atoms with E-state index < -0.39 is 0 Å². The van der Waals surface area contributed by atoms with Crippen LogP contribution in [0.15, 0.2) is 27.2 Å². The summed E-state index contributed by atoms with van der Waals surface area (Å²) in [6.07, 6.45) is 0. The number of halogens is 1. The van der Waals surface area contributed by atoms with Crippen LogP contribution < -0.4 is 5.32 Å². The molecule has 0 radical (unpaired) electrons. The lowest BCUT2D eigenvalue weighted by Gasteiger charge is -2.16. The van der Waals surface area contributed by atoms with E-state index in [1.165, 1.54) is 0 Å². The molecule has 0 fully saturated rings. The van der Waals surface area contributed by atoms with Crippen molar-refractivity contribution in [3.8, 4) is 6.07 Å². The van der Waals surface area contributed by atoms with Crippen molar-refractivity contribution in [1.29, 1.82) is 5.26 Å². The number of nitrogens with one attached hydrogen (secondary N) is 1. The molecule has 1 heterocycles. The maximum Gasteiger partial charge on any atom is 0.139 e. The normalized spacial score (nSPS) is 11.9. The Morgan fingerprint density at radius 1 is 1.42 bits per heavy atom. The molecule has 0 saturated carbocycles. The number of hydrogen-bond donors (Lipinski definition) is 1. The molecule has 4 nitrogen and oxygen atoms in total. The summed E-state index contributed by atoms with van der Waals surface area (Å²) < 4.78 is 6.04. The van der Waals surface area contributed by atoms with E-state index in [2.05, 4.69) is 39.4 Å². The molecule has 1 N–H and O–H groups in total. The van der Waals surface area contributed by atoms with Crippen molar-refractivity contribution in [2.45, 2.75) is 26.8 Å². The van der Waals surface area contributed by atoms with Gasteiger partial charge in [0.25, 0.3) is 0 Å². The summed E-state index contributed by atoms with van der Waals surface area (Å²) in [6, 6.07) is 7.66. The highest BCUT2D eigenvalue weighted by Gasteiger charge is 2.17. The van der Waals surface area contributed by atoms with Crippen LogP contribution in [0.4, 0.5) is 5.69 Å². The second-order valence-electron chi connectivity index (χ2n) is 4.41. The van der Waals surface area contributed by atoms with Gasteiger partial charge in [0.15, 0.2) is 0 Å². The Hall–Kier alpha value is -1.80. The number of anilines is 1. The first-order valence-electron chi connectivity index (χ1n) is 5.92. The largest absolute Gasteiger partial charge is 0.377 e. The van der Waals surface area contributed by atoms with Crippen molar-refractivity contribution >= 4 is 21.6 Å². The second-order valence-corrected chi connectivity index (χ2v) is 5.26. The highest BCUT2D eigenvalue weighted by molar-refractivity contribution is 9.10. The molecule has 19 heavy (non-hydrogen) atoms. The van der Waals surface area contributed by atoms with Crippen molar-refractivity contribution in [3.05, 3.63) is 45.3 Å². The maximum atomic E-state index is 8.85. The standard InChI is InChI=1S/C14H14BrN3O/c1-8(14-9(2)18-19-10(14)3)17-13-5-4-11(7-16)6-12(13)15/h4-6,8,17H,1-3H3. The fourth-order valence-electron chi connectivity index (χ4n) is 2.12.